The fraction of sp³-hybridized carbons (Fsp3) is 0.722. The monoisotopic (exact) mass is 449 g/mol. The minimum Gasteiger partial charge on any atom is -0.480 e. The SMILES string of the molecule is CC(=O)NCCCC(=O)SCC(NC(=O)CCNC(=O)C(O)C(C)(C)CO)C(=O)O. The lowest BCUT2D eigenvalue weighted by Crippen LogP contribution is -2.47. The van der Waals surface area contributed by atoms with Crippen LogP contribution in [-0.4, -0.2) is 81.7 Å². The fourth-order valence-electron chi connectivity index (χ4n) is 2.02. The number of aliphatic hydroxyl groups excluding tert-OH is 2. The minimum absolute atomic E-state index is 0.134. The van der Waals surface area contributed by atoms with E-state index in [-0.39, 0.29) is 36.2 Å². The first-order chi connectivity index (χ1) is 13.9. The summed E-state index contributed by atoms with van der Waals surface area (Å²) in [5.41, 5.74) is -1.05. The number of rotatable bonds is 14. The van der Waals surface area contributed by atoms with Crippen LogP contribution in [0.4, 0.5) is 0 Å². The number of carboxylic acid groups (broad SMARTS) is 1. The van der Waals surface area contributed by atoms with E-state index in [1.165, 1.54) is 20.8 Å². The van der Waals surface area contributed by atoms with E-state index in [4.69, 9.17) is 5.11 Å². The molecule has 0 radical (unpaired) electrons. The molecule has 12 heteroatoms. The molecule has 0 saturated carbocycles. The molecule has 0 heterocycles. The Morgan fingerprint density at radius 3 is 2.20 bits per heavy atom. The van der Waals surface area contributed by atoms with Crippen LogP contribution in [0, 0.1) is 5.41 Å². The van der Waals surface area contributed by atoms with Crippen molar-refractivity contribution in [2.45, 2.75) is 52.2 Å². The van der Waals surface area contributed by atoms with Gasteiger partial charge in [0.15, 0.2) is 5.12 Å². The summed E-state index contributed by atoms with van der Waals surface area (Å²) in [5, 5.41) is 35.1. The number of carbonyl (C=O) groups excluding carboxylic acids is 4. The van der Waals surface area contributed by atoms with E-state index < -0.39 is 42.0 Å². The molecule has 172 valence electrons. The summed E-state index contributed by atoms with van der Waals surface area (Å²) in [6.45, 7) is 4.16. The first kappa shape index (κ1) is 27.8. The van der Waals surface area contributed by atoms with Crippen LogP contribution in [0.3, 0.4) is 0 Å². The maximum Gasteiger partial charge on any atom is 0.327 e. The van der Waals surface area contributed by atoms with Gasteiger partial charge in [0, 0.05) is 44.0 Å². The molecule has 0 aromatic heterocycles. The van der Waals surface area contributed by atoms with Gasteiger partial charge in [0.2, 0.25) is 17.7 Å². The summed E-state index contributed by atoms with van der Waals surface area (Å²) in [5.74, 6) is -3.05. The number of thioether (sulfide) groups is 1. The molecule has 0 saturated heterocycles. The molecule has 30 heavy (non-hydrogen) atoms. The van der Waals surface area contributed by atoms with Crippen LogP contribution in [0.25, 0.3) is 0 Å². The van der Waals surface area contributed by atoms with Gasteiger partial charge in [-0.2, -0.15) is 0 Å². The van der Waals surface area contributed by atoms with Crippen LogP contribution in [0.15, 0.2) is 0 Å². The van der Waals surface area contributed by atoms with Crippen molar-refractivity contribution >= 4 is 40.6 Å². The third kappa shape index (κ3) is 11.7. The Morgan fingerprint density at radius 1 is 1.03 bits per heavy atom. The Kier molecular flexibility index (Phi) is 12.9. The number of hydrogen-bond donors (Lipinski definition) is 6. The second-order valence-electron chi connectivity index (χ2n) is 7.32. The highest BCUT2D eigenvalue weighted by Gasteiger charge is 2.32. The number of nitrogens with one attached hydrogen (secondary N) is 3. The van der Waals surface area contributed by atoms with Crippen molar-refractivity contribution < 1.29 is 39.3 Å². The minimum atomic E-state index is -1.47. The fourth-order valence-corrected chi connectivity index (χ4v) is 2.89. The van der Waals surface area contributed by atoms with Crippen molar-refractivity contribution in [1.82, 2.24) is 16.0 Å². The van der Waals surface area contributed by atoms with Crippen LogP contribution < -0.4 is 16.0 Å². The predicted molar refractivity (Wildman–Crippen MR) is 109 cm³/mol. The van der Waals surface area contributed by atoms with Crippen molar-refractivity contribution in [2.75, 3.05) is 25.4 Å². The molecular formula is C18H31N3O8S. The van der Waals surface area contributed by atoms with Gasteiger partial charge in [0.05, 0.1) is 6.61 Å². The Morgan fingerprint density at radius 2 is 1.67 bits per heavy atom. The van der Waals surface area contributed by atoms with Crippen molar-refractivity contribution in [3.63, 3.8) is 0 Å². The summed E-state index contributed by atoms with van der Waals surface area (Å²) in [4.78, 5) is 57.5. The molecule has 6 N–H and O–H groups in total. The van der Waals surface area contributed by atoms with Gasteiger partial charge < -0.3 is 31.3 Å². The highest BCUT2D eigenvalue weighted by atomic mass is 32.2. The van der Waals surface area contributed by atoms with Crippen molar-refractivity contribution in [2.24, 2.45) is 5.41 Å². The van der Waals surface area contributed by atoms with Crippen LogP contribution in [0.1, 0.15) is 40.0 Å². The lowest BCUT2D eigenvalue weighted by atomic mass is 9.87. The molecule has 0 rings (SSSR count). The molecule has 3 amide bonds. The predicted octanol–water partition coefficient (Wildman–Crippen LogP) is -1.38. The highest BCUT2D eigenvalue weighted by molar-refractivity contribution is 8.13. The third-order valence-corrected chi connectivity index (χ3v) is 5.05. The standard InChI is InChI=1S/C18H31N3O8S/c1-11(23)19-7-4-5-14(25)30-9-12(17(28)29)21-13(24)6-8-20-16(27)15(26)18(2,3)10-22/h12,15,22,26H,4-10H2,1-3H3,(H,19,23)(H,20,27)(H,21,24)(H,28,29). The summed E-state index contributed by atoms with van der Waals surface area (Å²) in [6, 6.07) is -1.28. The molecular weight excluding hydrogens is 418 g/mol. The average Bonchev–Trinajstić information content (AvgIpc) is 2.67. The summed E-state index contributed by atoms with van der Waals surface area (Å²) in [6.07, 6.45) is -1.11. The smallest absolute Gasteiger partial charge is 0.327 e. The van der Waals surface area contributed by atoms with Gasteiger partial charge in [-0.25, -0.2) is 4.79 Å². The van der Waals surface area contributed by atoms with Crippen molar-refractivity contribution in [3.05, 3.63) is 0 Å². The van der Waals surface area contributed by atoms with E-state index in [9.17, 15) is 34.2 Å². The van der Waals surface area contributed by atoms with Crippen LogP contribution in [0.2, 0.25) is 0 Å². The molecule has 0 bridgehead atoms. The Hall–Kier alpha value is -2.18. The normalized spacial score (nSPS) is 13.1. The zero-order valence-corrected chi connectivity index (χ0v) is 18.2. The number of carboxylic acids is 1. The second-order valence-corrected chi connectivity index (χ2v) is 8.40. The maximum absolute atomic E-state index is 11.9. The van der Waals surface area contributed by atoms with Gasteiger partial charge >= 0.3 is 5.97 Å². The summed E-state index contributed by atoms with van der Waals surface area (Å²) in [7, 11) is 0. The Labute approximate surface area is 179 Å². The zero-order chi connectivity index (χ0) is 23.3. The van der Waals surface area contributed by atoms with Crippen LogP contribution >= 0.6 is 11.8 Å². The molecule has 0 aliphatic rings. The van der Waals surface area contributed by atoms with Crippen molar-refractivity contribution in [1.29, 1.82) is 0 Å². The number of amides is 3. The molecule has 2 atom stereocenters. The van der Waals surface area contributed by atoms with E-state index in [1.54, 1.807) is 0 Å². The maximum atomic E-state index is 11.9. The van der Waals surface area contributed by atoms with E-state index >= 15 is 0 Å². The van der Waals surface area contributed by atoms with E-state index in [0.29, 0.717) is 13.0 Å². The van der Waals surface area contributed by atoms with Gasteiger partial charge in [-0.1, -0.05) is 25.6 Å². The molecule has 11 nitrogen and oxygen atoms in total. The van der Waals surface area contributed by atoms with E-state index in [1.807, 2.05) is 0 Å². The average molecular weight is 450 g/mol. The van der Waals surface area contributed by atoms with Crippen LogP contribution in [-0.2, 0) is 24.0 Å². The number of carbonyl (C=O) groups is 5. The quantitative estimate of drug-likeness (QED) is 0.174. The first-order valence-electron chi connectivity index (χ1n) is 9.39. The Balaban J connectivity index is 4.31. The van der Waals surface area contributed by atoms with Gasteiger partial charge in [0.1, 0.15) is 12.1 Å². The second kappa shape index (κ2) is 13.9. The third-order valence-electron chi connectivity index (χ3n) is 4.02. The summed E-state index contributed by atoms with van der Waals surface area (Å²) >= 11 is 0.778. The lowest BCUT2D eigenvalue weighted by Gasteiger charge is -2.27. The molecule has 0 fully saturated rings. The molecule has 2 unspecified atom stereocenters. The first-order valence-corrected chi connectivity index (χ1v) is 10.4. The van der Waals surface area contributed by atoms with Gasteiger partial charge in [-0.05, 0) is 6.42 Å². The molecule has 0 spiro atoms. The number of hydrogen-bond acceptors (Lipinski definition) is 8. The highest BCUT2D eigenvalue weighted by Crippen LogP contribution is 2.19. The number of aliphatic carboxylic acids is 1. The van der Waals surface area contributed by atoms with Gasteiger partial charge in [-0.15, -0.1) is 0 Å². The molecule has 0 aliphatic carbocycles. The molecule has 0 aromatic rings. The Bertz CT molecular complexity index is 627. The lowest BCUT2D eigenvalue weighted by molar-refractivity contribution is -0.141. The number of aliphatic hydroxyl groups is 2. The van der Waals surface area contributed by atoms with E-state index in [0.717, 1.165) is 11.8 Å². The zero-order valence-electron chi connectivity index (χ0n) is 17.4. The van der Waals surface area contributed by atoms with Crippen molar-refractivity contribution in [3.8, 4) is 0 Å². The van der Waals surface area contributed by atoms with Crippen LogP contribution in [0.5, 0.6) is 0 Å². The largest absolute Gasteiger partial charge is 0.480 e. The topological polar surface area (TPSA) is 182 Å². The summed E-state index contributed by atoms with van der Waals surface area (Å²) < 4.78 is 0. The molecule has 0 aliphatic heterocycles. The molecule has 0 aromatic carbocycles. The van der Waals surface area contributed by atoms with Gasteiger partial charge in [0.25, 0.3) is 0 Å². The van der Waals surface area contributed by atoms with E-state index in [2.05, 4.69) is 16.0 Å². The van der Waals surface area contributed by atoms with Gasteiger partial charge in [-0.3, -0.25) is 19.2 Å².